The number of halogens is 1. The number of amides is 2. The zero-order valence-electron chi connectivity index (χ0n) is 11.9. The van der Waals surface area contributed by atoms with Crippen LogP contribution in [0.5, 0.6) is 0 Å². The molecule has 1 aliphatic rings. The van der Waals surface area contributed by atoms with Crippen molar-refractivity contribution in [2.24, 2.45) is 5.92 Å². The van der Waals surface area contributed by atoms with E-state index in [0.717, 1.165) is 11.1 Å². The Morgan fingerprint density at radius 2 is 2.00 bits per heavy atom. The molecule has 1 unspecified atom stereocenters. The Labute approximate surface area is 127 Å². The lowest BCUT2D eigenvalue weighted by atomic mass is 9.98. The minimum atomic E-state index is -0.411. The first-order chi connectivity index (χ1) is 10.6. The maximum atomic E-state index is 13.2. The van der Waals surface area contributed by atoms with E-state index in [1.807, 2.05) is 6.07 Å². The summed E-state index contributed by atoms with van der Waals surface area (Å²) in [5.41, 5.74) is 1.55. The summed E-state index contributed by atoms with van der Waals surface area (Å²) in [7, 11) is 0. The van der Waals surface area contributed by atoms with Gasteiger partial charge in [0.1, 0.15) is 5.82 Å². The van der Waals surface area contributed by atoms with Crippen molar-refractivity contribution < 1.29 is 14.0 Å². The van der Waals surface area contributed by atoms with Gasteiger partial charge in [-0.15, -0.1) is 0 Å². The van der Waals surface area contributed by atoms with Gasteiger partial charge < -0.3 is 0 Å². The molecule has 1 saturated heterocycles. The number of hydrogen-bond acceptors (Lipinski definition) is 3. The number of carbonyl (C=O) groups is 2. The molecule has 2 amide bonds. The minimum absolute atomic E-state index is 0.176. The SMILES string of the molecule is O=C1CC(Cc2cccc(F)c2)C(=O)N1Cc1cccnc1. The third-order valence-electron chi connectivity index (χ3n) is 3.77. The molecule has 1 aromatic heterocycles. The molecule has 1 atom stereocenters. The summed E-state index contributed by atoms with van der Waals surface area (Å²) in [6, 6.07) is 9.74. The number of carbonyl (C=O) groups excluding carboxylic acids is 2. The first-order valence-corrected chi connectivity index (χ1v) is 7.11. The molecule has 22 heavy (non-hydrogen) atoms. The fourth-order valence-corrected chi connectivity index (χ4v) is 2.70. The van der Waals surface area contributed by atoms with Crippen molar-refractivity contribution in [2.45, 2.75) is 19.4 Å². The van der Waals surface area contributed by atoms with E-state index >= 15 is 0 Å². The van der Waals surface area contributed by atoms with Crippen LogP contribution in [-0.4, -0.2) is 21.7 Å². The largest absolute Gasteiger partial charge is 0.278 e. The van der Waals surface area contributed by atoms with Crippen LogP contribution in [0.2, 0.25) is 0 Å². The molecule has 1 aliphatic heterocycles. The summed E-state index contributed by atoms with van der Waals surface area (Å²) in [6.45, 7) is 0.241. The summed E-state index contributed by atoms with van der Waals surface area (Å²) < 4.78 is 13.2. The highest BCUT2D eigenvalue weighted by Crippen LogP contribution is 2.25. The van der Waals surface area contributed by atoms with Gasteiger partial charge in [-0.25, -0.2) is 4.39 Å². The van der Waals surface area contributed by atoms with E-state index in [1.54, 1.807) is 30.6 Å². The van der Waals surface area contributed by atoms with Crippen molar-refractivity contribution in [3.63, 3.8) is 0 Å². The van der Waals surface area contributed by atoms with Gasteiger partial charge in [0.25, 0.3) is 0 Å². The molecule has 0 N–H and O–H groups in total. The molecule has 0 aliphatic carbocycles. The van der Waals surface area contributed by atoms with Crippen LogP contribution in [0.15, 0.2) is 48.8 Å². The number of rotatable bonds is 4. The van der Waals surface area contributed by atoms with Crippen LogP contribution < -0.4 is 0 Å². The highest BCUT2D eigenvalue weighted by atomic mass is 19.1. The van der Waals surface area contributed by atoms with Crippen molar-refractivity contribution in [2.75, 3.05) is 0 Å². The van der Waals surface area contributed by atoms with Crippen molar-refractivity contribution in [1.82, 2.24) is 9.88 Å². The quantitative estimate of drug-likeness (QED) is 0.814. The molecule has 2 heterocycles. The predicted molar refractivity (Wildman–Crippen MR) is 78.0 cm³/mol. The lowest BCUT2D eigenvalue weighted by molar-refractivity contribution is -0.140. The lowest BCUT2D eigenvalue weighted by Gasteiger charge is -2.14. The van der Waals surface area contributed by atoms with Crippen LogP contribution >= 0.6 is 0 Å². The highest BCUT2D eigenvalue weighted by molar-refractivity contribution is 6.03. The number of nitrogens with zero attached hydrogens (tertiary/aromatic N) is 2. The number of aromatic nitrogens is 1. The molecule has 1 fully saturated rings. The summed E-state index contributed by atoms with van der Waals surface area (Å²) in [4.78, 5) is 29.7. The van der Waals surface area contributed by atoms with E-state index in [2.05, 4.69) is 4.98 Å². The Morgan fingerprint density at radius 1 is 1.18 bits per heavy atom. The Balaban J connectivity index is 1.71. The standard InChI is InChI=1S/C17H15FN2O2/c18-15-5-1-3-12(8-15)7-14-9-16(21)20(17(14)22)11-13-4-2-6-19-10-13/h1-6,8,10,14H,7,9,11H2. The Kier molecular flexibility index (Phi) is 3.96. The molecule has 1 aromatic carbocycles. The molecular formula is C17H15FN2O2. The average Bonchev–Trinajstić information content (AvgIpc) is 2.76. The van der Waals surface area contributed by atoms with E-state index in [9.17, 15) is 14.0 Å². The van der Waals surface area contributed by atoms with Crippen LogP contribution in [-0.2, 0) is 22.6 Å². The van der Waals surface area contributed by atoms with Crippen molar-refractivity contribution in [3.8, 4) is 0 Å². The van der Waals surface area contributed by atoms with Crippen LogP contribution in [0, 0.1) is 11.7 Å². The number of benzene rings is 1. The molecule has 5 heteroatoms. The van der Waals surface area contributed by atoms with E-state index in [1.165, 1.54) is 17.0 Å². The number of likely N-dealkylation sites (tertiary alicyclic amines) is 1. The van der Waals surface area contributed by atoms with E-state index < -0.39 is 5.92 Å². The minimum Gasteiger partial charge on any atom is -0.278 e. The third-order valence-corrected chi connectivity index (χ3v) is 3.77. The molecule has 2 aromatic rings. The molecular weight excluding hydrogens is 283 g/mol. The summed E-state index contributed by atoms with van der Waals surface area (Å²) >= 11 is 0. The lowest BCUT2D eigenvalue weighted by Crippen LogP contribution is -2.30. The maximum Gasteiger partial charge on any atom is 0.233 e. The Morgan fingerprint density at radius 3 is 2.73 bits per heavy atom. The van der Waals surface area contributed by atoms with E-state index in [4.69, 9.17) is 0 Å². The second-order valence-corrected chi connectivity index (χ2v) is 5.41. The van der Waals surface area contributed by atoms with Gasteiger partial charge in [-0.1, -0.05) is 18.2 Å². The number of imide groups is 1. The van der Waals surface area contributed by atoms with Gasteiger partial charge >= 0.3 is 0 Å². The summed E-state index contributed by atoms with van der Waals surface area (Å²) in [5, 5.41) is 0. The smallest absolute Gasteiger partial charge is 0.233 e. The number of pyridine rings is 1. The summed E-state index contributed by atoms with van der Waals surface area (Å²) in [5.74, 6) is -1.12. The van der Waals surface area contributed by atoms with Gasteiger partial charge in [-0.2, -0.15) is 0 Å². The van der Waals surface area contributed by atoms with Gasteiger partial charge in [-0.05, 0) is 35.7 Å². The van der Waals surface area contributed by atoms with Crippen LogP contribution in [0.25, 0.3) is 0 Å². The molecule has 0 bridgehead atoms. The van der Waals surface area contributed by atoms with Crippen LogP contribution in [0.1, 0.15) is 17.5 Å². The van der Waals surface area contributed by atoms with E-state index in [-0.39, 0.29) is 30.6 Å². The van der Waals surface area contributed by atoms with Crippen molar-refractivity contribution in [1.29, 1.82) is 0 Å². The maximum absolute atomic E-state index is 13.2. The van der Waals surface area contributed by atoms with Gasteiger partial charge in [0, 0.05) is 18.8 Å². The van der Waals surface area contributed by atoms with Crippen LogP contribution in [0.4, 0.5) is 4.39 Å². The first kappa shape index (κ1) is 14.4. The topological polar surface area (TPSA) is 50.3 Å². The zero-order chi connectivity index (χ0) is 15.5. The van der Waals surface area contributed by atoms with Gasteiger partial charge in [0.15, 0.2) is 0 Å². The van der Waals surface area contributed by atoms with Crippen LogP contribution in [0.3, 0.4) is 0 Å². The molecule has 0 radical (unpaired) electrons. The van der Waals surface area contributed by atoms with Gasteiger partial charge in [0.2, 0.25) is 11.8 Å². The van der Waals surface area contributed by atoms with Crippen molar-refractivity contribution >= 4 is 11.8 Å². The average molecular weight is 298 g/mol. The second-order valence-electron chi connectivity index (χ2n) is 5.41. The highest BCUT2D eigenvalue weighted by Gasteiger charge is 2.38. The molecule has 112 valence electrons. The van der Waals surface area contributed by atoms with E-state index in [0.29, 0.717) is 6.42 Å². The molecule has 0 spiro atoms. The van der Waals surface area contributed by atoms with Gasteiger partial charge in [0.05, 0.1) is 12.5 Å². The predicted octanol–water partition coefficient (Wildman–Crippen LogP) is 2.34. The number of hydrogen-bond donors (Lipinski definition) is 0. The fraction of sp³-hybridized carbons (Fsp3) is 0.235. The Bertz CT molecular complexity index is 703. The third kappa shape index (κ3) is 3.03. The fourth-order valence-electron chi connectivity index (χ4n) is 2.70. The van der Waals surface area contributed by atoms with Crippen molar-refractivity contribution in [3.05, 3.63) is 65.7 Å². The first-order valence-electron chi connectivity index (χ1n) is 7.11. The normalized spacial score (nSPS) is 18.0. The summed E-state index contributed by atoms with van der Waals surface area (Å²) in [6.07, 6.45) is 3.84. The Hall–Kier alpha value is -2.56. The van der Waals surface area contributed by atoms with Gasteiger partial charge in [-0.3, -0.25) is 19.5 Å². The second kappa shape index (κ2) is 6.05. The zero-order valence-corrected chi connectivity index (χ0v) is 11.9. The molecule has 3 rings (SSSR count). The molecule has 0 saturated carbocycles. The monoisotopic (exact) mass is 298 g/mol. The molecule has 4 nitrogen and oxygen atoms in total.